The van der Waals surface area contributed by atoms with E-state index in [1.165, 1.54) is 0 Å². The van der Waals surface area contributed by atoms with E-state index in [-0.39, 0.29) is 18.1 Å². The molecule has 2 aliphatic heterocycles. The molecule has 1 N–H and O–H groups in total. The minimum Gasteiger partial charge on any atom is -0.379 e. The summed E-state index contributed by atoms with van der Waals surface area (Å²) in [4.78, 5) is 6.78. The summed E-state index contributed by atoms with van der Waals surface area (Å²) in [6, 6.07) is 0.258. The number of ether oxygens (including phenoxy) is 2. The fourth-order valence-corrected chi connectivity index (χ4v) is 2.79. The number of rotatable bonds is 5. The number of nitrogens with one attached hydrogen (secondary N) is 1. The first-order chi connectivity index (χ1) is 10.3. The highest BCUT2D eigenvalue weighted by Gasteiger charge is 2.34. The molecule has 3 unspecified atom stereocenters. The van der Waals surface area contributed by atoms with E-state index in [9.17, 15) is 0 Å². The van der Waals surface area contributed by atoms with Crippen molar-refractivity contribution in [1.29, 1.82) is 0 Å². The van der Waals surface area contributed by atoms with Crippen molar-refractivity contribution < 1.29 is 14.0 Å². The summed E-state index contributed by atoms with van der Waals surface area (Å²) in [6.45, 7) is 6.91. The normalized spacial score (nSPS) is 30.9. The molecule has 1 aromatic rings. The zero-order chi connectivity index (χ0) is 14.7. The van der Waals surface area contributed by atoms with E-state index >= 15 is 0 Å². The van der Waals surface area contributed by atoms with E-state index in [1.807, 2.05) is 0 Å². The van der Waals surface area contributed by atoms with Crippen LogP contribution < -0.4 is 5.32 Å². The maximum absolute atomic E-state index is 5.73. The quantitative estimate of drug-likeness (QED) is 0.851. The van der Waals surface area contributed by atoms with E-state index < -0.39 is 0 Å². The third-order valence-electron chi connectivity index (χ3n) is 4.07. The molecule has 0 saturated carbocycles. The van der Waals surface area contributed by atoms with Crippen LogP contribution in [0.5, 0.6) is 0 Å². The minimum absolute atomic E-state index is 0.0920. The topological polar surface area (TPSA) is 72.7 Å². The summed E-state index contributed by atoms with van der Waals surface area (Å²) in [5.41, 5.74) is 0. The molecule has 0 amide bonds. The molecule has 3 heterocycles. The summed E-state index contributed by atoms with van der Waals surface area (Å²) < 4.78 is 16.8. The third-order valence-corrected chi connectivity index (χ3v) is 4.07. The molecule has 2 saturated heterocycles. The molecule has 7 nitrogen and oxygen atoms in total. The highest BCUT2D eigenvalue weighted by atomic mass is 16.5. The first-order valence-electron chi connectivity index (χ1n) is 7.72. The van der Waals surface area contributed by atoms with Crippen molar-refractivity contribution in [3.8, 4) is 0 Å². The Labute approximate surface area is 125 Å². The number of hydrogen-bond acceptors (Lipinski definition) is 7. The Morgan fingerprint density at radius 3 is 3.10 bits per heavy atom. The summed E-state index contributed by atoms with van der Waals surface area (Å²) in [7, 11) is 2.08. The second kappa shape index (κ2) is 6.83. The van der Waals surface area contributed by atoms with Crippen molar-refractivity contribution in [2.24, 2.45) is 0 Å². The Bertz CT molecular complexity index is 453. The van der Waals surface area contributed by atoms with E-state index in [1.54, 1.807) is 0 Å². The molecule has 118 valence electrons. The van der Waals surface area contributed by atoms with Crippen molar-refractivity contribution in [2.75, 3.05) is 46.5 Å². The number of likely N-dealkylation sites (N-methyl/N-ethyl adjacent to an activating group) is 1. The first-order valence-corrected chi connectivity index (χ1v) is 7.72. The Kier molecular flexibility index (Phi) is 4.84. The maximum atomic E-state index is 5.73. The van der Waals surface area contributed by atoms with Crippen molar-refractivity contribution in [2.45, 2.75) is 31.4 Å². The Balaban J connectivity index is 1.66. The third kappa shape index (κ3) is 3.42. The maximum Gasteiger partial charge on any atom is 0.233 e. The number of nitrogens with zero attached hydrogens (tertiary/aromatic N) is 3. The number of hydrogen-bond donors (Lipinski definition) is 1. The van der Waals surface area contributed by atoms with Gasteiger partial charge in [0.2, 0.25) is 11.7 Å². The Morgan fingerprint density at radius 1 is 1.38 bits per heavy atom. The zero-order valence-electron chi connectivity index (χ0n) is 12.7. The molecule has 0 bridgehead atoms. The van der Waals surface area contributed by atoms with Gasteiger partial charge in [-0.25, -0.2) is 0 Å². The van der Waals surface area contributed by atoms with Crippen LogP contribution in [0.3, 0.4) is 0 Å². The van der Waals surface area contributed by atoms with Crippen LogP contribution in [0, 0.1) is 0 Å². The summed E-state index contributed by atoms with van der Waals surface area (Å²) in [5, 5.41) is 7.60. The monoisotopic (exact) mass is 296 g/mol. The van der Waals surface area contributed by atoms with Crippen molar-refractivity contribution in [3.05, 3.63) is 11.7 Å². The standard InChI is InChI=1S/C14H24N4O3/c1-3-4-15-11-9-19-8-10(11)14-16-13(17-21-14)12-7-18(2)5-6-20-12/h10-12,15H,3-9H2,1-2H3. The minimum atomic E-state index is -0.0920. The summed E-state index contributed by atoms with van der Waals surface area (Å²) in [6.07, 6.45) is 1.01. The van der Waals surface area contributed by atoms with Crippen LogP contribution in [0.25, 0.3) is 0 Å². The SMILES string of the molecule is CCCNC1COCC1c1nc(C2CN(C)CCO2)no1. The van der Waals surface area contributed by atoms with Crippen LogP contribution in [0.4, 0.5) is 0 Å². The van der Waals surface area contributed by atoms with Gasteiger partial charge >= 0.3 is 0 Å². The van der Waals surface area contributed by atoms with Crippen molar-refractivity contribution in [1.82, 2.24) is 20.4 Å². The van der Waals surface area contributed by atoms with Crippen LogP contribution in [0.15, 0.2) is 4.52 Å². The number of aromatic nitrogens is 2. The van der Waals surface area contributed by atoms with Gasteiger partial charge in [0.15, 0.2) is 0 Å². The fourth-order valence-electron chi connectivity index (χ4n) is 2.79. The molecule has 0 aromatic carbocycles. The average molecular weight is 296 g/mol. The van der Waals surface area contributed by atoms with Crippen LogP contribution >= 0.6 is 0 Å². The average Bonchev–Trinajstić information content (AvgIpc) is 3.13. The lowest BCUT2D eigenvalue weighted by Gasteiger charge is -2.27. The van der Waals surface area contributed by atoms with E-state index in [4.69, 9.17) is 14.0 Å². The predicted molar refractivity (Wildman–Crippen MR) is 76.1 cm³/mol. The molecule has 2 fully saturated rings. The largest absolute Gasteiger partial charge is 0.379 e. The summed E-state index contributed by atoms with van der Waals surface area (Å²) in [5.74, 6) is 1.45. The van der Waals surface area contributed by atoms with E-state index in [2.05, 4.69) is 34.3 Å². The second-order valence-electron chi connectivity index (χ2n) is 5.82. The van der Waals surface area contributed by atoms with Crippen molar-refractivity contribution >= 4 is 0 Å². The molecule has 0 aliphatic carbocycles. The lowest BCUT2D eigenvalue weighted by Crippen LogP contribution is -2.36. The van der Waals surface area contributed by atoms with Gasteiger partial charge in [0, 0.05) is 19.1 Å². The van der Waals surface area contributed by atoms with Crippen molar-refractivity contribution in [3.63, 3.8) is 0 Å². The molecule has 7 heteroatoms. The van der Waals surface area contributed by atoms with Gasteiger partial charge in [-0.2, -0.15) is 4.98 Å². The molecule has 2 aliphatic rings. The van der Waals surface area contributed by atoms with Gasteiger partial charge in [-0.3, -0.25) is 0 Å². The molecule has 1 aromatic heterocycles. The van der Waals surface area contributed by atoms with Crippen LogP contribution in [-0.2, 0) is 9.47 Å². The zero-order valence-corrected chi connectivity index (χ0v) is 12.7. The summed E-state index contributed by atoms with van der Waals surface area (Å²) >= 11 is 0. The van der Waals surface area contributed by atoms with Gasteiger partial charge in [0.1, 0.15) is 6.10 Å². The van der Waals surface area contributed by atoms with Gasteiger partial charge in [-0.15, -0.1) is 0 Å². The predicted octanol–water partition coefficient (Wildman–Crippen LogP) is 0.555. The highest BCUT2D eigenvalue weighted by Crippen LogP contribution is 2.27. The second-order valence-corrected chi connectivity index (χ2v) is 5.82. The van der Waals surface area contributed by atoms with Gasteiger partial charge in [-0.1, -0.05) is 12.1 Å². The molecule has 3 rings (SSSR count). The van der Waals surface area contributed by atoms with Gasteiger partial charge in [0.25, 0.3) is 0 Å². The van der Waals surface area contributed by atoms with Crippen LogP contribution in [-0.4, -0.2) is 67.6 Å². The fraction of sp³-hybridized carbons (Fsp3) is 0.857. The molecular weight excluding hydrogens is 272 g/mol. The van der Waals surface area contributed by atoms with Gasteiger partial charge in [-0.05, 0) is 20.0 Å². The first kappa shape index (κ1) is 14.9. The smallest absolute Gasteiger partial charge is 0.233 e. The molecule has 0 radical (unpaired) electrons. The molecule has 3 atom stereocenters. The molecule has 0 spiro atoms. The van der Waals surface area contributed by atoms with Gasteiger partial charge in [0.05, 0.1) is 25.7 Å². The number of morpholine rings is 1. The molecule has 21 heavy (non-hydrogen) atoms. The van der Waals surface area contributed by atoms with Crippen LogP contribution in [0.2, 0.25) is 0 Å². The lowest BCUT2D eigenvalue weighted by molar-refractivity contribution is -0.0264. The van der Waals surface area contributed by atoms with Crippen LogP contribution in [0.1, 0.15) is 37.1 Å². The Morgan fingerprint density at radius 2 is 2.29 bits per heavy atom. The molecular formula is C14H24N4O3. The highest BCUT2D eigenvalue weighted by molar-refractivity contribution is 5.04. The Hall–Kier alpha value is -1.02. The lowest BCUT2D eigenvalue weighted by atomic mass is 10.0. The van der Waals surface area contributed by atoms with E-state index in [0.29, 0.717) is 31.5 Å². The van der Waals surface area contributed by atoms with E-state index in [0.717, 1.165) is 26.1 Å². The van der Waals surface area contributed by atoms with Gasteiger partial charge < -0.3 is 24.2 Å².